The fourth-order valence-corrected chi connectivity index (χ4v) is 2.93. The molecule has 3 heteroatoms. The first-order valence-corrected chi connectivity index (χ1v) is 6.97. The molecule has 0 radical (unpaired) electrons. The first-order chi connectivity index (χ1) is 9.16. The van der Waals surface area contributed by atoms with Crippen LogP contribution in [0.15, 0.2) is 53.1 Å². The topological polar surface area (TPSA) is 25.2 Å². The maximum Gasteiger partial charge on any atom is 0.116 e. The number of aryl methyl sites for hydroxylation is 1. The number of benzene rings is 2. The van der Waals surface area contributed by atoms with E-state index in [9.17, 15) is 5.11 Å². The van der Waals surface area contributed by atoms with Crippen LogP contribution in [-0.4, -0.2) is 9.67 Å². The summed E-state index contributed by atoms with van der Waals surface area (Å²) in [4.78, 5) is 0. The summed E-state index contributed by atoms with van der Waals surface area (Å²) >= 11 is 3.66. The fraction of sp³-hybridized carbons (Fsp3) is 0.125. The molecule has 3 aromatic rings. The molecule has 1 heterocycles. The van der Waals surface area contributed by atoms with Gasteiger partial charge in [0.05, 0.1) is 4.60 Å². The van der Waals surface area contributed by atoms with Crippen molar-refractivity contribution in [2.75, 3.05) is 0 Å². The Morgan fingerprint density at radius 3 is 2.58 bits per heavy atom. The van der Waals surface area contributed by atoms with Gasteiger partial charge in [-0.3, -0.25) is 0 Å². The van der Waals surface area contributed by atoms with Gasteiger partial charge in [0, 0.05) is 17.4 Å². The van der Waals surface area contributed by atoms with Crippen molar-refractivity contribution in [3.8, 4) is 5.75 Å². The summed E-state index contributed by atoms with van der Waals surface area (Å²) < 4.78 is 3.29. The van der Waals surface area contributed by atoms with E-state index in [2.05, 4.69) is 39.6 Å². The number of hydrogen-bond acceptors (Lipinski definition) is 1. The Hall–Kier alpha value is -1.74. The quantitative estimate of drug-likeness (QED) is 0.741. The first-order valence-electron chi connectivity index (χ1n) is 6.18. The standard InChI is InChI=1S/C16H14BrNO/c1-11-14-9-13(19)7-8-15(14)18(16(11)17)10-12-5-3-2-4-6-12/h2-9,19H,10H2,1H3. The molecule has 2 nitrogen and oxygen atoms in total. The number of fused-ring (bicyclic) bond motifs is 1. The van der Waals surface area contributed by atoms with Gasteiger partial charge in [0.25, 0.3) is 0 Å². The van der Waals surface area contributed by atoms with Crippen molar-refractivity contribution in [2.24, 2.45) is 0 Å². The Labute approximate surface area is 120 Å². The average Bonchev–Trinajstić information content (AvgIpc) is 2.65. The second-order valence-electron chi connectivity index (χ2n) is 4.69. The molecule has 19 heavy (non-hydrogen) atoms. The van der Waals surface area contributed by atoms with Crippen molar-refractivity contribution < 1.29 is 5.11 Å². The molecule has 0 saturated carbocycles. The summed E-state index contributed by atoms with van der Waals surface area (Å²) in [6, 6.07) is 15.9. The Bertz CT molecular complexity index is 731. The van der Waals surface area contributed by atoms with E-state index in [1.807, 2.05) is 30.3 Å². The van der Waals surface area contributed by atoms with E-state index in [0.717, 1.165) is 27.6 Å². The molecule has 0 amide bonds. The minimum atomic E-state index is 0.306. The van der Waals surface area contributed by atoms with Gasteiger partial charge in [-0.05, 0) is 52.2 Å². The first kappa shape index (κ1) is 12.3. The van der Waals surface area contributed by atoms with Crippen LogP contribution >= 0.6 is 15.9 Å². The second kappa shape index (κ2) is 4.74. The van der Waals surface area contributed by atoms with E-state index in [1.165, 1.54) is 5.56 Å². The van der Waals surface area contributed by atoms with Crippen molar-refractivity contribution in [1.29, 1.82) is 0 Å². The second-order valence-corrected chi connectivity index (χ2v) is 5.44. The third-order valence-electron chi connectivity index (χ3n) is 3.40. The highest BCUT2D eigenvalue weighted by atomic mass is 79.9. The third kappa shape index (κ3) is 2.15. The Morgan fingerprint density at radius 1 is 1.11 bits per heavy atom. The zero-order valence-corrected chi connectivity index (χ0v) is 12.2. The molecule has 0 atom stereocenters. The van der Waals surface area contributed by atoms with Gasteiger partial charge in [-0.2, -0.15) is 0 Å². The summed E-state index contributed by atoms with van der Waals surface area (Å²) in [7, 11) is 0. The van der Waals surface area contributed by atoms with Crippen LogP contribution in [0.4, 0.5) is 0 Å². The molecule has 0 aliphatic carbocycles. The molecule has 2 aromatic carbocycles. The molecule has 1 aromatic heterocycles. The lowest BCUT2D eigenvalue weighted by Crippen LogP contribution is -1.99. The minimum Gasteiger partial charge on any atom is -0.508 e. The van der Waals surface area contributed by atoms with Gasteiger partial charge in [-0.15, -0.1) is 0 Å². The van der Waals surface area contributed by atoms with Crippen LogP contribution in [0.5, 0.6) is 5.75 Å². The zero-order valence-electron chi connectivity index (χ0n) is 10.6. The Balaban J connectivity index is 2.16. The average molecular weight is 316 g/mol. The van der Waals surface area contributed by atoms with Crippen LogP contribution in [0.25, 0.3) is 10.9 Å². The number of rotatable bonds is 2. The zero-order chi connectivity index (χ0) is 13.4. The number of aromatic hydroxyl groups is 1. The predicted molar refractivity (Wildman–Crippen MR) is 81.6 cm³/mol. The summed E-state index contributed by atoms with van der Waals surface area (Å²) in [5.74, 6) is 0.306. The molecule has 0 bridgehead atoms. The number of phenols is 1. The van der Waals surface area contributed by atoms with E-state index >= 15 is 0 Å². The van der Waals surface area contributed by atoms with E-state index in [4.69, 9.17) is 0 Å². The molecule has 0 spiro atoms. The van der Waals surface area contributed by atoms with Gasteiger partial charge >= 0.3 is 0 Å². The lowest BCUT2D eigenvalue weighted by atomic mass is 10.2. The molecule has 0 fully saturated rings. The molecule has 0 saturated heterocycles. The maximum absolute atomic E-state index is 9.62. The number of halogens is 1. The van der Waals surface area contributed by atoms with Gasteiger partial charge in [0.1, 0.15) is 5.75 Å². The maximum atomic E-state index is 9.62. The van der Waals surface area contributed by atoms with E-state index in [0.29, 0.717) is 5.75 Å². The normalized spacial score (nSPS) is 11.1. The third-order valence-corrected chi connectivity index (χ3v) is 4.43. The van der Waals surface area contributed by atoms with Crippen LogP contribution in [0.1, 0.15) is 11.1 Å². The number of aromatic nitrogens is 1. The summed E-state index contributed by atoms with van der Waals surface area (Å²) in [6.07, 6.45) is 0. The number of nitrogens with zero attached hydrogens (tertiary/aromatic N) is 1. The number of phenolic OH excluding ortho intramolecular Hbond substituents is 1. The van der Waals surface area contributed by atoms with Crippen LogP contribution in [-0.2, 0) is 6.54 Å². The van der Waals surface area contributed by atoms with Crippen LogP contribution in [0.2, 0.25) is 0 Å². The van der Waals surface area contributed by atoms with E-state index < -0.39 is 0 Å². The highest BCUT2D eigenvalue weighted by molar-refractivity contribution is 9.10. The van der Waals surface area contributed by atoms with Gasteiger partial charge in [-0.25, -0.2) is 0 Å². The number of hydrogen-bond donors (Lipinski definition) is 1. The van der Waals surface area contributed by atoms with E-state index in [1.54, 1.807) is 6.07 Å². The molecule has 0 aliphatic heterocycles. The Morgan fingerprint density at radius 2 is 1.84 bits per heavy atom. The molecular weight excluding hydrogens is 302 g/mol. The van der Waals surface area contributed by atoms with Crippen molar-refractivity contribution in [1.82, 2.24) is 4.57 Å². The van der Waals surface area contributed by atoms with Crippen molar-refractivity contribution >= 4 is 26.8 Å². The fourth-order valence-electron chi connectivity index (χ4n) is 2.40. The van der Waals surface area contributed by atoms with Crippen molar-refractivity contribution in [3.05, 3.63) is 64.3 Å². The van der Waals surface area contributed by atoms with Crippen LogP contribution in [0.3, 0.4) is 0 Å². The SMILES string of the molecule is Cc1c(Br)n(Cc2ccccc2)c2ccc(O)cc12. The predicted octanol–water partition coefficient (Wildman–Crippen LogP) is 4.47. The van der Waals surface area contributed by atoms with Gasteiger partial charge < -0.3 is 9.67 Å². The molecule has 3 rings (SSSR count). The summed E-state index contributed by atoms with van der Waals surface area (Å²) in [5, 5.41) is 10.7. The van der Waals surface area contributed by atoms with Gasteiger partial charge in [-0.1, -0.05) is 30.3 Å². The van der Waals surface area contributed by atoms with E-state index in [-0.39, 0.29) is 0 Å². The minimum absolute atomic E-state index is 0.306. The largest absolute Gasteiger partial charge is 0.508 e. The molecule has 0 unspecified atom stereocenters. The van der Waals surface area contributed by atoms with Crippen LogP contribution in [0, 0.1) is 6.92 Å². The van der Waals surface area contributed by atoms with Crippen molar-refractivity contribution in [3.63, 3.8) is 0 Å². The van der Waals surface area contributed by atoms with Gasteiger partial charge in [0.15, 0.2) is 0 Å². The molecule has 96 valence electrons. The smallest absolute Gasteiger partial charge is 0.116 e. The molecular formula is C16H14BrNO. The highest BCUT2D eigenvalue weighted by Gasteiger charge is 2.12. The summed E-state index contributed by atoms with van der Waals surface area (Å²) in [6.45, 7) is 2.88. The Kier molecular flexibility index (Phi) is 3.07. The highest BCUT2D eigenvalue weighted by Crippen LogP contribution is 2.32. The lowest BCUT2D eigenvalue weighted by molar-refractivity contribution is 0.476. The van der Waals surface area contributed by atoms with Gasteiger partial charge in [0.2, 0.25) is 0 Å². The lowest BCUT2D eigenvalue weighted by Gasteiger charge is -2.07. The summed E-state index contributed by atoms with van der Waals surface area (Å²) in [5.41, 5.74) is 3.54. The van der Waals surface area contributed by atoms with Crippen LogP contribution < -0.4 is 0 Å². The molecule has 0 aliphatic rings. The monoisotopic (exact) mass is 315 g/mol. The van der Waals surface area contributed by atoms with Crippen molar-refractivity contribution in [2.45, 2.75) is 13.5 Å². The molecule has 1 N–H and O–H groups in total.